The molecule has 2 saturated heterocycles. The Balaban J connectivity index is 1.22. The normalized spacial score (nSPS) is 20.2. The van der Waals surface area contributed by atoms with Crippen molar-refractivity contribution >= 4 is 28.3 Å². The number of nitrogens with one attached hydrogen (secondary N) is 1. The highest BCUT2D eigenvalue weighted by atomic mass is 32.1. The Morgan fingerprint density at radius 2 is 2.14 bits per heavy atom. The van der Waals surface area contributed by atoms with Crippen molar-refractivity contribution in [3.63, 3.8) is 0 Å². The molecule has 1 aromatic heterocycles. The van der Waals surface area contributed by atoms with Gasteiger partial charge in [0.2, 0.25) is 11.8 Å². The average Bonchev–Trinajstić information content (AvgIpc) is 3.36. The van der Waals surface area contributed by atoms with Crippen LogP contribution in [0.5, 0.6) is 0 Å². The number of benzene rings is 1. The third-order valence-electron chi connectivity index (χ3n) is 5.18. The zero-order valence-corrected chi connectivity index (χ0v) is 17.2. The average molecular weight is 415 g/mol. The van der Waals surface area contributed by atoms with Crippen molar-refractivity contribution in [2.24, 2.45) is 0 Å². The van der Waals surface area contributed by atoms with Crippen LogP contribution in [0.15, 0.2) is 35.7 Å². The fourth-order valence-corrected chi connectivity index (χ4v) is 4.56. The van der Waals surface area contributed by atoms with Crippen LogP contribution in [0, 0.1) is 0 Å². The SMILES string of the molecule is O=C(Cc1csc(N2CCCC2=O)n1)NCC1CN(Cc2ccccc2)CCO1. The molecule has 1 unspecified atom stereocenters. The fourth-order valence-electron chi connectivity index (χ4n) is 3.70. The van der Waals surface area contributed by atoms with Crippen LogP contribution in [0.4, 0.5) is 5.13 Å². The van der Waals surface area contributed by atoms with Crippen LogP contribution in [0.3, 0.4) is 0 Å². The summed E-state index contributed by atoms with van der Waals surface area (Å²) in [6.07, 6.45) is 1.66. The van der Waals surface area contributed by atoms with Crippen molar-refractivity contribution in [2.75, 3.05) is 37.7 Å². The van der Waals surface area contributed by atoms with Crippen LogP contribution in [-0.2, 0) is 27.3 Å². The van der Waals surface area contributed by atoms with E-state index in [9.17, 15) is 9.59 Å². The first-order valence-corrected chi connectivity index (χ1v) is 10.9. The lowest BCUT2D eigenvalue weighted by Crippen LogP contribution is -2.47. The predicted molar refractivity (Wildman–Crippen MR) is 112 cm³/mol. The van der Waals surface area contributed by atoms with Crippen LogP contribution in [0.2, 0.25) is 0 Å². The number of ether oxygens (including phenoxy) is 1. The molecule has 1 N–H and O–H groups in total. The molecule has 0 aliphatic carbocycles. The summed E-state index contributed by atoms with van der Waals surface area (Å²) in [5, 5.41) is 5.52. The molecule has 7 nitrogen and oxygen atoms in total. The van der Waals surface area contributed by atoms with Crippen LogP contribution < -0.4 is 10.2 Å². The van der Waals surface area contributed by atoms with E-state index in [1.807, 2.05) is 11.4 Å². The Morgan fingerprint density at radius 3 is 2.93 bits per heavy atom. The molecule has 2 aliphatic heterocycles. The molecule has 0 radical (unpaired) electrons. The molecule has 2 aromatic rings. The number of aromatic nitrogens is 1. The number of hydrogen-bond acceptors (Lipinski definition) is 6. The van der Waals surface area contributed by atoms with Crippen molar-refractivity contribution in [1.29, 1.82) is 0 Å². The Bertz CT molecular complexity index is 841. The zero-order chi connectivity index (χ0) is 20.1. The highest BCUT2D eigenvalue weighted by molar-refractivity contribution is 7.14. The van der Waals surface area contributed by atoms with Gasteiger partial charge in [-0.15, -0.1) is 11.3 Å². The van der Waals surface area contributed by atoms with Crippen LogP contribution >= 0.6 is 11.3 Å². The second-order valence-corrected chi connectivity index (χ2v) is 8.30. The van der Waals surface area contributed by atoms with Gasteiger partial charge in [-0.3, -0.25) is 19.4 Å². The smallest absolute Gasteiger partial charge is 0.228 e. The van der Waals surface area contributed by atoms with Crippen molar-refractivity contribution in [3.8, 4) is 0 Å². The van der Waals surface area contributed by atoms with Gasteiger partial charge < -0.3 is 10.1 Å². The summed E-state index contributed by atoms with van der Waals surface area (Å²) in [5.41, 5.74) is 1.99. The van der Waals surface area contributed by atoms with Gasteiger partial charge in [-0.2, -0.15) is 0 Å². The molecule has 0 saturated carbocycles. The van der Waals surface area contributed by atoms with E-state index in [0.717, 1.165) is 32.6 Å². The number of anilines is 1. The van der Waals surface area contributed by atoms with Crippen molar-refractivity contribution < 1.29 is 14.3 Å². The maximum Gasteiger partial charge on any atom is 0.228 e. The first-order chi connectivity index (χ1) is 14.2. The molecule has 0 bridgehead atoms. The lowest BCUT2D eigenvalue weighted by atomic mass is 10.2. The number of nitrogens with zero attached hydrogens (tertiary/aromatic N) is 3. The standard InChI is InChI=1S/C21H26N4O3S/c26-19(11-17-15-29-21(23-17)25-8-4-7-20(25)27)22-12-18-14-24(9-10-28-18)13-16-5-2-1-3-6-16/h1-3,5-6,15,18H,4,7-14H2,(H,22,26). The number of hydrogen-bond donors (Lipinski definition) is 1. The molecule has 2 amide bonds. The molecule has 2 aliphatic rings. The summed E-state index contributed by atoms with van der Waals surface area (Å²) in [4.78, 5) is 32.7. The zero-order valence-electron chi connectivity index (χ0n) is 16.4. The Labute approximate surface area is 174 Å². The summed E-state index contributed by atoms with van der Waals surface area (Å²) in [7, 11) is 0. The molecule has 1 atom stereocenters. The largest absolute Gasteiger partial charge is 0.374 e. The van der Waals surface area contributed by atoms with Gasteiger partial charge >= 0.3 is 0 Å². The molecule has 154 valence electrons. The number of amides is 2. The van der Waals surface area contributed by atoms with E-state index in [-0.39, 0.29) is 24.3 Å². The topological polar surface area (TPSA) is 74.8 Å². The number of morpholine rings is 1. The molecule has 2 fully saturated rings. The van der Waals surface area contributed by atoms with E-state index >= 15 is 0 Å². The van der Waals surface area contributed by atoms with Crippen LogP contribution in [0.25, 0.3) is 0 Å². The Morgan fingerprint density at radius 1 is 1.28 bits per heavy atom. The van der Waals surface area contributed by atoms with E-state index in [1.165, 1.54) is 16.9 Å². The van der Waals surface area contributed by atoms with Gasteiger partial charge in [-0.25, -0.2) is 4.98 Å². The molecular weight excluding hydrogens is 388 g/mol. The molecule has 29 heavy (non-hydrogen) atoms. The van der Waals surface area contributed by atoms with Gasteiger partial charge in [0.05, 0.1) is 24.8 Å². The van der Waals surface area contributed by atoms with Gasteiger partial charge in [0.25, 0.3) is 0 Å². The van der Waals surface area contributed by atoms with Crippen molar-refractivity contribution in [1.82, 2.24) is 15.2 Å². The Hall–Kier alpha value is -2.29. The highest BCUT2D eigenvalue weighted by Gasteiger charge is 2.25. The second-order valence-electron chi connectivity index (χ2n) is 7.46. The number of rotatable bonds is 7. The molecule has 0 spiro atoms. The summed E-state index contributed by atoms with van der Waals surface area (Å²) in [6.45, 7) is 4.48. The van der Waals surface area contributed by atoms with Gasteiger partial charge in [-0.05, 0) is 12.0 Å². The molecule has 8 heteroatoms. The summed E-state index contributed by atoms with van der Waals surface area (Å²) >= 11 is 1.42. The third kappa shape index (κ3) is 5.41. The first kappa shape index (κ1) is 20.0. The van der Waals surface area contributed by atoms with E-state index in [2.05, 4.69) is 39.5 Å². The summed E-state index contributed by atoms with van der Waals surface area (Å²) < 4.78 is 5.82. The highest BCUT2D eigenvalue weighted by Crippen LogP contribution is 2.25. The summed E-state index contributed by atoms with van der Waals surface area (Å²) in [6, 6.07) is 10.4. The van der Waals surface area contributed by atoms with E-state index in [4.69, 9.17) is 4.74 Å². The molecule has 4 rings (SSSR count). The van der Waals surface area contributed by atoms with E-state index < -0.39 is 0 Å². The van der Waals surface area contributed by atoms with Gasteiger partial charge in [0.15, 0.2) is 5.13 Å². The number of carbonyl (C=O) groups excluding carboxylic acids is 2. The van der Waals surface area contributed by atoms with Gasteiger partial charge in [0.1, 0.15) is 0 Å². The monoisotopic (exact) mass is 414 g/mol. The second kappa shape index (κ2) is 9.47. The van der Waals surface area contributed by atoms with Crippen molar-refractivity contribution in [2.45, 2.75) is 31.9 Å². The van der Waals surface area contributed by atoms with Crippen LogP contribution in [0.1, 0.15) is 24.1 Å². The number of carbonyl (C=O) groups is 2. The lowest BCUT2D eigenvalue weighted by molar-refractivity contribution is -0.121. The first-order valence-electron chi connectivity index (χ1n) is 10.1. The molecule has 3 heterocycles. The predicted octanol–water partition coefficient (Wildman–Crippen LogP) is 1.83. The molecule has 1 aromatic carbocycles. The van der Waals surface area contributed by atoms with E-state index in [0.29, 0.717) is 30.4 Å². The van der Waals surface area contributed by atoms with E-state index in [1.54, 1.807) is 4.90 Å². The minimum absolute atomic E-state index is 0.00960. The quantitative estimate of drug-likeness (QED) is 0.748. The minimum Gasteiger partial charge on any atom is -0.374 e. The maximum absolute atomic E-state index is 12.3. The minimum atomic E-state index is -0.0709. The molecular formula is C21H26N4O3S. The van der Waals surface area contributed by atoms with Gasteiger partial charge in [0, 0.05) is 44.5 Å². The Kier molecular flexibility index (Phi) is 6.53. The number of thiazole rings is 1. The lowest BCUT2D eigenvalue weighted by Gasteiger charge is -2.33. The van der Waals surface area contributed by atoms with Crippen LogP contribution in [-0.4, -0.2) is 60.6 Å². The third-order valence-corrected chi connectivity index (χ3v) is 6.10. The van der Waals surface area contributed by atoms with Gasteiger partial charge in [-0.1, -0.05) is 30.3 Å². The van der Waals surface area contributed by atoms with Crippen molar-refractivity contribution in [3.05, 3.63) is 47.0 Å². The summed E-state index contributed by atoms with van der Waals surface area (Å²) in [5.74, 6) is 0.0447. The maximum atomic E-state index is 12.3. The fraction of sp³-hybridized carbons (Fsp3) is 0.476.